The van der Waals surface area contributed by atoms with Crippen LogP contribution in [0.25, 0.3) is 0 Å². The largest absolute Gasteiger partial charge is 0.396 e. The van der Waals surface area contributed by atoms with Crippen molar-refractivity contribution in [1.29, 1.82) is 0 Å². The monoisotopic (exact) mass is 366 g/mol. The van der Waals surface area contributed by atoms with Crippen LogP contribution >= 0.6 is 11.6 Å². The second-order valence-electron chi connectivity index (χ2n) is 7.52. The number of piperidine rings is 1. The third kappa shape index (κ3) is 4.45. The first-order valence-electron chi connectivity index (χ1n) is 9.56. The van der Waals surface area contributed by atoms with E-state index in [2.05, 4.69) is 33.5 Å². The van der Waals surface area contributed by atoms with Gasteiger partial charge in [-0.15, -0.1) is 0 Å². The molecule has 2 fully saturated rings. The Morgan fingerprint density at radius 1 is 1.24 bits per heavy atom. The highest BCUT2D eigenvalue weighted by molar-refractivity contribution is 6.32. The summed E-state index contributed by atoms with van der Waals surface area (Å²) < 4.78 is 0. The van der Waals surface area contributed by atoms with Gasteiger partial charge in [-0.2, -0.15) is 0 Å². The fraction of sp³-hybridized carbons (Fsp3) is 0.737. The van der Waals surface area contributed by atoms with Crippen LogP contribution in [-0.4, -0.2) is 77.3 Å². The summed E-state index contributed by atoms with van der Waals surface area (Å²) in [5.41, 5.74) is 0. The number of rotatable bonds is 5. The van der Waals surface area contributed by atoms with Gasteiger partial charge < -0.3 is 14.9 Å². The number of piperazine rings is 1. The smallest absolute Gasteiger partial charge is 0.147 e. The zero-order valence-corrected chi connectivity index (χ0v) is 16.2. The summed E-state index contributed by atoms with van der Waals surface area (Å²) in [6.45, 7) is 10.0. The Hall–Kier alpha value is -0.880. The van der Waals surface area contributed by atoms with Gasteiger partial charge in [0.05, 0.1) is 5.02 Å². The summed E-state index contributed by atoms with van der Waals surface area (Å²) in [6, 6.07) is 5.41. The molecule has 25 heavy (non-hydrogen) atoms. The number of aliphatic hydroxyl groups is 1. The van der Waals surface area contributed by atoms with Crippen molar-refractivity contribution < 1.29 is 5.11 Å². The lowest BCUT2D eigenvalue weighted by Gasteiger charge is -2.48. The topological polar surface area (TPSA) is 42.8 Å². The van der Waals surface area contributed by atoms with E-state index in [1.165, 1.54) is 25.9 Å². The molecule has 1 atom stereocenters. The molecule has 140 valence electrons. The molecular formula is C19H31ClN4O. The van der Waals surface area contributed by atoms with Crippen LogP contribution in [0.2, 0.25) is 5.02 Å². The normalized spacial score (nSPS) is 24.2. The maximum Gasteiger partial charge on any atom is 0.147 e. The van der Waals surface area contributed by atoms with Crippen molar-refractivity contribution >= 4 is 17.4 Å². The number of pyridine rings is 1. The van der Waals surface area contributed by atoms with E-state index in [1.807, 2.05) is 12.1 Å². The average molecular weight is 367 g/mol. The van der Waals surface area contributed by atoms with Crippen LogP contribution in [0.4, 0.5) is 5.82 Å². The molecule has 2 saturated heterocycles. The van der Waals surface area contributed by atoms with E-state index in [0.29, 0.717) is 23.1 Å². The fourth-order valence-corrected chi connectivity index (χ4v) is 4.53. The highest BCUT2D eigenvalue weighted by Crippen LogP contribution is 2.28. The Balaban J connectivity index is 1.65. The first kappa shape index (κ1) is 18.9. The summed E-state index contributed by atoms with van der Waals surface area (Å²) in [4.78, 5) is 12.0. The van der Waals surface area contributed by atoms with Crippen molar-refractivity contribution in [3.8, 4) is 0 Å². The molecule has 0 radical (unpaired) electrons. The summed E-state index contributed by atoms with van der Waals surface area (Å²) in [7, 11) is 0. The minimum absolute atomic E-state index is 0.232. The Morgan fingerprint density at radius 3 is 2.64 bits per heavy atom. The van der Waals surface area contributed by atoms with Gasteiger partial charge in [-0.05, 0) is 58.3 Å². The molecule has 2 aliphatic rings. The number of halogens is 1. The first-order valence-corrected chi connectivity index (χ1v) is 9.94. The second-order valence-corrected chi connectivity index (χ2v) is 7.93. The fourth-order valence-electron chi connectivity index (χ4n) is 4.29. The van der Waals surface area contributed by atoms with E-state index < -0.39 is 0 Å². The number of aliphatic hydroxyl groups excluding tert-OH is 1. The molecule has 0 saturated carbocycles. The number of likely N-dealkylation sites (tertiary alicyclic amines) is 1. The lowest BCUT2D eigenvalue weighted by Crippen LogP contribution is -2.59. The highest BCUT2D eigenvalue weighted by Gasteiger charge is 2.34. The summed E-state index contributed by atoms with van der Waals surface area (Å²) in [5, 5.41) is 10.3. The van der Waals surface area contributed by atoms with Gasteiger partial charge in [0.15, 0.2) is 0 Å². The van der Waals surface area contributed by atoms with Crippen molar-refractivity contribution in [1.82, 2.24) is 14.8 Å². The van der Waals surface area contributed by atoms with E-state index in [4.69, 9.17) is 11.6 Å². The number of hydrogen-bond acceptors (Lipinski definition) is 5. The van der Waals surface area contributed by atoms with Crippen molar-refractivity contribution in [3.63, 3.8) is 0 Å². The Kier molecular flexibility index (Phi) is 6.55. The predicted octanol–water partition coefficient (Wildman–Crippen LogP) is 2.48. The third-order valence-corrected chi connectivity index (χ3v) is 6.02. The molecule has 0 amide bonds. The van der Waals surface area contributed by atoms with Crippen LogP contribution in [0.15, 0.2) is 18.3 Å². The number of aromatic nitrogens is 1. The zero-order valence-electron chi connectivity index (χ0n) is 15.4. The molecule has 3 heterocycles. The summed E-state index contributed by atoms with van der Waals surface area (Å²) in [5.74, 6) is 0.876. The SMILES string of the molecule is CC(C)N1CCC(N2CCN(c3ncccc3Cl)CC2CCO)CC1. The van der Waals surface area contributed by atoms with Gasteiger partial charge >= 0.3 is 0 Å². The van der Waals surface area contributed by atoms with Gasteiger partial charge in [0.25, 0.3) is 0 Å². The maximum absolute atomic E-state index is 9.57. The van der Waals surface area contributed by atoms with E-state index in [-0.39, 0.29) is 6.61 Å². The van der Waals surface area contributed by atoms with Crippen LogP contribution in [0.1, 0.15) is 33.1 Å². The lowest BCUT2D eigenvalue weighted by atomic mass is 9.97. The molecule has 1 aromatic heterocycles. The molecule has 2 aliphatic heterocycles. The van der Waals surface area contributed by atoms with Gasteiger partial charge in [0.2, 0.25) is 0 Å². The molecule has 5 nitrogen and oxygen atoms in total. The molecular weight excluding hydrogens is 336 g/mol. The van der Waals surface area contributed by atoms with Gasteiger partial charge in [-0.1, -0.05) is 11.6 Å². The van der Waals surface area contributed by atoms with Crippen molar-refractivity contribution in [3.05, 3.63) is 23.4 Å². The van der Waals surface area contributed by atoms with Crippen LogP contribution < -0.4 is 4.90 Å². The molecule has 1 unspecified atom stereocenters. The van der Waals surface area contributed by atoms with Gasteiger partial charge in [-0.25, -0.2) is 4.98 Å². The Morgan fingerprint density at radius 2 is 2.00 bits per heavy atom. The second kappa shape index (κ2) is 8.67. The molecule has 0 bridgehead atoms. The summed E-state index contributed by atoms with van der Waals surface area (Å²) in [6.07, 6.45) is 5.07. The van der Waals surface area contributed by atoms with E-state index >= 15 is 0 Å². The minimum atomic E-state index is 0.232. The van der Waals surface area contributed by atoms with Gasteiger partial charge in [0.1, 0.15) is 5.82 Å². The van der Waals surface area contributed by atoms with E-state index in [9.17, 15) is 5.11 Å². The molecule has 1 aromatic rings. The lowest BCUT2D eigenvalue weighted by molar-refractivity contribution is 0.0463. The van der Waals surface area contributed by atoms with E-state index in [0.717, 1.165) is 31.9 Å². The number of nitrogens with zero attached hydrogens (tertiary/aromatic N) is 4. The molecule has 0 aromatic carbocycles. The maximum atomic E-state index is 9.57. The summed E-state index contributed by atoms with van der Waals surface area (Å²) >= 11 is 6.34. The molecule has 3 rings (SSSR count). The Labute approximate surface area is 156 Å². The average Bonchev–Trinajstić information content (AvgIpc) is 2.62. The van der Waals surface area contributed by atoms with Crippen molar-refractivity contribution in [2.75, 3.05) is 44.2 Å². The predicted molar refractivity (Wildman–Crippen MR) is 103 cm³/mol. The molecule has 0 aliphatic carbocycles. The van der Waals surface area contributed by atoms with Crippen LogP contribution in [0, 0.1) is 0 Å². The molecule has 0 spiro atoms. The van der Waals surface area contributed by atoms with Gasteiger partial charge in [0, 0.05) is 50.6 Å². The van der Waals surface area contributed by atoms with Crippen LogP contribution in [0.5, 0.6) is 0 Å². The standard InChI is InChI=1S/C19H31ClN4O/c1-15(2)22-9-5-16(6-10-22)24-12-11-23(14-17(24)7-13-25)19-18(20)4-3-8-21-19/h3-4,8,15-17,25H,5-7,9-14H2,1-2H3. The third-order valence-electron chi connectivity index (χ3n) is 5.73. The highest BCUT2D eigenvalue weighted by atomic mass is 35.5. The zero-order chi connectivity index (χ0) is 17.8. The molecule has 6 heteroatoms. The van der Waals surface area contributed by atoms with Crippen LogP contribution in [0.3, 0.4) is 0 Å². The van der Waals surface area contributed by atoms with E-state index in [1.54, 1.807) is 6.20 Å². The quantitative estimate of drug-likeness (QED) is 0.867. The van der Waals surface area contributed by atoms with Gasteiger partial charge in [-0.3, -0.25) is 4.90 Å². The van der Waals surface area contributed by atoms with Crippen molar-refractivity contribution in [2.24, 2.45) is 0 Å². The molecule has 1 N–H and O–H groups in total. The Bertz CT molecular complexity index is 548. The number of anilines is 1. The van der Waals surface area contributed by atoms with Crippen molar-refractivity contribution in [2.45, 2.75) is 51.2 Å². The number of hydrogen-bond donors (Lipinski definition) is 1. The first-order chi connectivity index (χ1) is 12.1. The minimum Gasteiger partial charge on any atom is -0.396 e. The van der Waals surface area contributed by atoms with Crippen LogP contribution in [-0.2, 0) is 0 Å².